The Kier molecular flexibility index (Phi) is 4.04. The van der Waals surface area contributed by atoms with Gasteiger partial charge in [-0.05, 0) is 22.0 Å². The maximum atomic E-state index is 11.5. The molecule has 0 fully saturated rings. The number of nitrogens with two attached hydrogens (primary N) is 1. The van der Waals surface area contributed by atoms with Crippen LogP contribution in [0.5, 0.6) is 0 Å². The van der Waals surface area contributed by atoms with Gasteiger partial charge in [-0.2, -0.15) is 0 Å². The number of hydrogen-bond donors (Lipinski definition) is 3. The minimum atomic E-state index is -0.338. The molecule has 0 saturated carbocycles. The van der Waals surface area contributed by atoms with Crippen molar-refractivity contribution in [1.82, 2.24) is 10.3 Å². The van der Waals surface area contributed by atoms with Crippen LogP contribution in [0.3, 0.4) is 0 Å². The molecule has 0 aromatic carbocycles. The lowest BCUT2D eigenvalue weighted by atomic mass is 10.3. The van der Waals surface area contributed by atoms with E-state index in [1.165, 1.54) is 6.20 Å². The molecular formula is C8H9BrN4O2. The molecule has 80 valence electrons. The summed E-state index contributed by atoms with van der Waals surface area (Å²) >= 11 is 3.19. The molecule has 1 aromatic heterocycles. The van der Waals surface area contributed by atoms with Gasteiger partial charge in [-0.3, -0.25) is 9.78 Å². The number of halogens is 1. The highest BCUT2D eigenvalue weighted by Gasteiger charge is 2.06. The van der Waals surface area contributed by atoms with Gasteiger partial charge in [-0.25, -0.2) is 0 Å². The van der Waals surface area contributed by atoms with E-state index in [2.05, 4.69) is 31.4 Å². The number of pyridine rings is 1. The number of nitrogens with zero attached hydrogens (tertiary/aromatic N) is 2. The molecule has 1 rings (SSSR count). The van der Waals surface area contributed by atoms with Gasteiger partial charge < -0.3 is 16.3 Å². The van der Waals surface area contributed by atoms with Gasteiger partial charge >= 0.3 is 0 Å². The van der Waals surface area contributed by atoms with E-state index >= 15 is 0 Å². The first-order chi connectivity index (χ1) is 7.13. The lowest BCUT2D eigenvalue weighted by molar-refractivity contribution is 0.0958. The Morgan fingerprint density at radius 2 is 2.40 bits per heavy atom. The van der Waals surface area contributed by atoms with Crippen molar-refractivity contribution in [3.05, 3.63) is 28.5 Å². The zero-order valence-electron chi connectivity index (χ0n) is 7.64. The quantitative estimate of drug-likeness (QED) is 0.319. The predicted octanol–water partition coefficient (Wildman–Crippen LogP) is 0.320. The van der Waals surface area contributed by atoms with Gasteiger partial charge in [-0.1, -0.05) is 5.16 Å². The van der Waals surface area contributed by atoms with Crippen LogP contribution in [0.25, 0.3) is 0 Å². The van der Waals surface area contributed by atoms with E-state index < -0.39 is 0 Å². The number of amides is 1. The molecule has 0 bridgehead atoms. The first-order valence-corrected chi connectivity index (χ1v) is 4.78. The molecule has 1 amide bonds. The average Bonchev–Trinajstić information content (AvgIpc) is 2.25. The SMILES string of the molecule is N/C(CNC(=O)c1cncc(Br)c1)=N\O. The second-order valence-corrected chi connectivity index (χ2v) is 3.58. The maximum Gasteiger partial charge on any atom is 0.253 e. The number of nitrogens with one attached hydrogen (secondary N) is 1. The van der Waals surface area contributed by atoms with Crippen molar-refractivity contribution < 1.29 is 10.0 Å². The molecule has 4 N–H and O–H groups in total. The minimum absolute atomic E-state index is 0.0121. The Bertz CT molecular complexity index is 394. The van der Waals surface area contributed by atoms with E-state index in [1.54, 1.807) is 12.3 Å². The molecule has 0 aliphatic rings. The van der Waals surface area contributed by atoms with Crippen molar-refractivity contribution in [2.75, 3.05) is 6.54 Å². The molecule has 1 heterocycles. The number of carbonyl (C=O) groups excluding carboxylic acids is 1. The Labute approximate surface area is 94.3 Å². The van der Waals surface area contributed by atoms with Gasteiger partial charge in [0.25, 0.3) is 5.91 Å². The fraction of sp³-hybridized carbons (Fsp3) is 0.125. The summed E-state index contributed by atoms with van der Waals surface area (Å²) < 4.78 is 0.707. The predicted molar refractivity (Wildman–Crippen MR) is 57.7 cm³/mol. The fourth-order valence-corrected chi connectivity index (χ4v) is 1.21. The third-order valence-electron chi connectivity index (χ3n) is 1.53. The second kappa shape index (κ2) is 5.30. The molecule has 6 nitrogen and oxygen atoms in total. The Balaban J connectivity index is 2.62. The standard InChI is InChI=1S/C8H9BrN4O2/c9-6-1-5(2-11-3-6)8(14)12-4-7(10)13-15/h1-3,15H,4H2,(H2,10,13)(H,12,14). The summed E-state index contributed by atoms with van der Waals surface area (Å²) in [6.45, 7) is -0.0121. The summed E-state index contributed by atoms with van der Waals surface area (Å²) in [5.41, 5.74) is 5.59. The van der Waals surface area contributed by atoms with Crippen LogP contribution in [0.1, 0.15) is 10.4 Å². The van der Waals surface area contributed by atoms with E-state index in [-0.39, 0.29) is 18.3 Å². The molecule has 1 aromatic rings. The van der Waals surface area contributed by atoms with Gasteiger partial charge in [-0.15, -0.1) is 0 Å². The normalized spacial score (nSPS) is 11.1. The number of carbonyl (C=O) groups is 1. The fourth-order valence-electron chi connectivity index (χ4n) is 0.844. The maximum absolute atomic E-state index is 11.5. The summed E-state index contributed by atoms with van der Waals surface area (Å²) in [5.74, 6) is -0.401. The number of hydrogen-bond acceptors (Lipinski definition) is 4. The zero-order valence-corrected chi connectivity index (χ0v) is 9.23. The molecule has 0 aliphatic heterocycles. The molecule has 15 heavy (non-hydrogen) atoms. The Morgan fingerprint density at radius 1 is 1.67 bits per heavy atom. The molecule has 0 saturated heterocycles. The third kappa shape index (κ3) is 3.55. The molecule has 0 aliphatic carbocycles. The van der Waals surface area contributed by atoms with Crippen LogP contribution < -0.4 is 11.1 Å². The first-order valence-electron chi connectivity index (χ1n) is 3.98. The van der Waals surface area contributed by atoms with Gasteiger partial charge in [0.15, 0.2) is 5.84 Å². The molecule has 0 radical (unpaired) electrons. The number of aromatic nitrogens is 1. The summed E-state index contributed by atoms with van der Waals surface area (Å²) in [6.07, 6.45) is 2.99. The third-order valence-corrected chi connectivity index (χ3v) is 1.96. The minimum Gasteiger partial charge on any atom is -0.409 e. The lowest BCUT2D eigenvalue weighted by Gasteiger charge is -2.03. The van der Waals surface area contributed by atoms with Crippen molar-refractivity contribution in [3.8, 4) is 0 Å². The van der Waals surface area contributed by atoms with Crippen molar-refractivity contribution >= 4 is 27.7 Å². The van der Waals surface area contributed by atoms with Crippen molar-refractivity contribution in [2.24, 2.45) is 10.9 Å². The Hall–Kier alpha value is -1.63. The average molecular weight is 273 g/mol. The smallest absolute Gasteiger partial charge is 0.253 e. The second-order valence-electron chi connectivity index (χ2n) is 2.67. The van der Waals surface area contributed by atoms with Gasteiger partial charge in [0.2, 0.25) is 0 Å². The summed E-state index contributed by atoms with van der Waals surface area (Å²) in [5, 5.41) is 13.4. The van der Waals surface area contributed by atoms with Crippen LogP contribution in [0.2, 0.25) is 0 Å². The van der Waals surface area contributed by atoms with E-state index in [0.29, 0.717) is 10.0 Å². The summed E-state index contributed by atoms with van der Waals surface area (Å²) in [6, 6.07) is 1.62. The first kappa shape index (κ1) is 11.4. The van der Waals surface area contributed by atoms with E-state index in [1.807, 2.05) is 0 Å². The monoisotopic (exact) mass is 272 g/mol. The van der Waals surface area contributed by atoms with Crippen molar-refractivity contribution in [3.63, 3.8) is 0 Å². The number of oxime groups is 1. The van der Waals surface area contributed by atoms with E-state index in [4.69, 9.17) is 10.9 Å². The molecule has 0 spiro atoms. The summed E-state index contributed by atoms with van der Waals surface area (Å²) in [7, 11) is 0. The molecule has 7 heteroatoms. The molecule has 0 unspecified atom stereocenters. The van der Waals surface area contributed by atoms with Gasteiger partial charge in [0, 0.05) is 16.9 Å². The van der Waals surface area contributed by atoms with Crippen molar-refractivity contribution in [2.45, 2.75) is 0 Å². The zero-order chi connectivity index (χ0) is 11.3. The number of amidine groups is 1. The highest BCUT2D eigenvalue weighted by molar-refractivity contribution is 9.10. The Morgan fingerprint density at radius 3 is 3.00 bits per heavy atom. The molecular weight excluding hydrogens is 264 g/mol. The van der Waals surface area contributed by atoms with Crippen LogP contribution in [-0.4, -0.2) is 28.5 Å². The van der Waals surface area contributed by atoms with Crippen LogP contribution in [0.15, 0.2) is 28.1 Å². The largest absolute Gasteiger partial charge is 0.409 e. The molecule has 0 atom stereocenters. The summed E-state index contributed by atoms with van der Waals surface area (Å²) in [4.78, 5) is 15.3. The highest BCUT2D eigenvalue weighted by Crippen LogP contribution is 2.08. The van der Waals surface area contributed by atoms with Crippen LogP contribution >= 0.6 is 15.9 Å². The van der Waals surface area contributed by atoms with E-state index in [0.717, 1.165) is 0 Å². The van der Waals surface area contributed by atoms with Crippen molar-refractivity contribution in [1.29, 1.82) is 0 Å². The lowest BCUT2D eigenvalue weighted by Crippen LogP contribution is -2.33. The van der Waals surface area contributed by atoms with Gasteiger partial charge in [0.05, 0.1) is 12.1 Å². The van der Waals surface area contributed by atoms with Crippen LogP contribution in [-0.2, 0) is 0 Å². The van der Waals surface area contributed by atoms with Gasteiger partial charge in [0.1, 0.15) is 0 Å². The topological polar surface area (TPSA) is 101 Å². The number of rotatable bonds is 3. The van der Waals surface area contributed by atoms with Crippen LogP contribution in [0.4, 0.5) is 0 Å². The highest BCUT2D eigenvalue weighted by atomic mass is 79.9. The van der Waals surface area contributed by atoms with E-state index in [9.17, 15) is 4.79 Å². The van der Waals surface area contributed by atoms with Crippen LogP contribution in [0, 0.1) is 0 Å².